The first-order valence-electron chi connectivity index (χ1n) is 11.5. The van der Waals surface area contributed by atoms with Gasteiger partial charge >= 0.3 is 6.18 Å². The Morgan fingerprint density at radius 3 is 2.49 bits per heavy atom. The van der Waals surface area contributed by atoms with Crippen LogP contribution in [0.2, 0.25) is 0 Å². The monoisotopic (exact) mass is 488 g/mol. The fraction of sp³-hybridized carbons (Fsp3) is 0.500. The first kappa shape index (κ1) is 24.6. The fourth-order valence-electron chi connectivity index (χ4n) is 5.29. The van der Waals surface area contributed by atoms with Gasteiger partial charge in [0.25, 0.3) is 5.91 Å². The number of likely N-dealkylation sites (tertiary alicyclic amines) is 1. The van der Waals surface area contributed by atoms with E-state index >= 15 is 0 Å². The third kappa shape index (κ3) is 4.83. The molecule has 0 spiro atoms. The molecule has 2 amide bonds. The molecule has 2 aliphatic heterocycles. The number of alkyl halides is 3. The zero-order valence-corrected chi connectivity index (χ0v) is 19.5. The number of piperidine rings is 1. The molecule has 2 saturated heterocycles. The van der Waals surface area contributed by atoms with Crippen LogP contribution in [0.25, 0.3) is 0 Å². The van der Waals surface area contributed by atoms with Crippen molar-refractivity contribution in [3.63, 3.8) is 0 Å². The molecule has 2 aromatic rings. The van der Waals surface area contributed by atoms with Crippen LogP contribution in [-0.2, 0) is 18.0 Å². The molecule has 0 bridgehead atoms. The summed E-state index contributed by atoms with van der Waals surface area (Å²) >= 11 is 0. The maximum Gasteiger partial charge on any atom is 0.417 e. The lowest BCUT2D eigenvalue weighted by Gasteiger charge is -2.36. The van der Waals surface area contributed by atoms with Crippen LogP contribution >= 0.6 is 0 Å². The van der Waals surface area contributed by atoms with Crippen molar-refractivity contribution in [3.05, 3.63) is 47.5 Å². The summed E-state index contributed by atoms with van der Waals surface area (Å²) in [4.78, 5) is 33.2. The number of aryl methyl sites for hydroxylation is 1. The van der Waals surface area contributed by atoms with E-state index < -0.39 is 17.3 Å². The average Bonchev–Trinajstić information content (AvgIpc) is 3.49. The Kier molecular flexibility index (Phi) is 6.74. The third-order valence-corrected chi connectivity index (χ3v) is 7.19. The summed E-state index contributed by atoms with van der Waals surface area (Å²) in [5, 5.41) is 11.8. The van der Waals surface area contributed by atoms with Crippen molar-refractivity contribution < 1.29 is 22.8 Å². The molecule has 0 unspecified atom stereocenters. The van der Waals surface area contributed by atoms with Crippen molar-refractivity contribution in [1.29, 1.82) is 5.26 Å². The van der Waals surface area contributed by atoms with E-state index in [1.165, 1.54) is 12.1 Å². The molecule has 35 heavy (non-hydrogen) atoms. The zero-order valence-electron chi connectivity index (χ0n) is 19.5. The van der Waals surface area contributed by atoms with Gasteiger partial charge in [-0.15, -0.1) is 0 Å². The summed E-state index contributed by atoms with van der Waals surface area (Å²) in [6.45, 7) is 1.78. The highest BCUT2D eigenvalue weighted by molar-refractivity contribution is 5.90. The smallest absolute Gasteiger partial charge is 0.370 e. The molecule has 8 nitrogen and oxygen atoms in total. The van der Waals surface area contributed by atoms with Gasteiger partial charge in [0.15, 0.2) is 5.82 Å². The van der Waals surface area contributed by atoms with Crippen LogP contribution in [0, 0.1) is 29.1 Å². The van der Waals surface area contributed by atoms with E-state index in [0.29, 0.717) is 50.5 Å². The standard InChI is InChI=1S/C24H27F3N6O2/c1-29-22(34)19-14-33(17-4-3-16(12-28)20(11-17)24(25,26)27)13-18(19)15-5-8-32(9-6-15)23(35)21-30-7-10-31(21)2/h3-4,7,10-11,15,18-19H,5-6,8-9,13-14H2,1-2H3,(H,29,34)/t18-,19+/m0/s1. The molecule has 0 radical (unpaired) electrons. The van der Waals surface area contributed by atoms with Crippen LogP contribution in [0.5, 0.6) is 0 Å². The van der Waals surface area contributed by atoms with Crippen molar-refractivity contribution in [3.8, 4) is 6.07 Å². The number of anilines is 1. The maximum absolute atomic E-state index is 13.5. The molecular weight excluding hydrogens is 461 g/mol. The summed E-state index contributed by atoms with van der Waals surface area (Å²) in [5.74, 6) is -0.205. The van der Waals surface area contributed by atoms with Crippen LogP contribution in [0.3, 0.4) is 0 Å². The highest BCUT2D eigenvalue weighted by atomic mass is 19.4. The minimum Gasteiger partial charge on any atom is -0.370 e. The molecule has 2 atom stereocenters. The number of nitrogens with zero attached hydrogens (tertiary/aromatic N) is 5. The molecule has 1 aromatic heterocycles. The lowest BCUT2D eigenvalue weighted by molar-refractivity contribution is -0.137. The molecule has 2 fully saturated rings. The van der Waals surface area contributed by atoms with Crippen LogP contribution in [0.1, 0.15) is 34.6 Å². The van der Waals surface area contributed by atoms with Crippen LogP contribution < -0.4 is 10.2 Å². The van der Waals surface area contributed by atoms with E-state index in [1.54, 1.807) is 46.9 Å². The van der Waals surface area contributed by atoms with Gasteiger partial charge in [0.05, 0.1) is 23.1 Å². The summed E-state index contributed by atoms with van der Waals surface area (Å²) in [7, 11) is 3.32. The first-order valence-corrected chi connectivity index (χ1v) is 11.5. The SMILES string of the molecule is CNC(=O)[C@@H]1CN(c2ccc(C#N)c(C(F)(F)F)c2)C[C@H]1C1CCN(C(=O)c2nccn2C)CC1. The van der Waals surface area contributed by atoms with Gasteiger partial charge in [0.1, 0.15) is 0 Å². The molecule has 2 aliphatic rings. The summed E-state index contributed by atoms with van der Waals surface area (Å²) in [6.07, 6.45) is 0.0441. The Morgan fingerprint density at radius 2 is 1.91 bits per heavy atom. The number of imidazole rings is 1. The molecule has 1 N–H and O–H groups in total. The molecule has 0 aliphatic carbocycles. The zero-order chi connectivity index (χ0) is 25.3. The van der Waals surface area contributed by atoms with Gasteiger partial charge in [0.2, 0.25) is 5.91 Å². The van der Waals surface area contributed by atoms with Gasteiger partial charge in [-0.3, -0.25) is 9.59 Å². The Labute approximate surface area is 201 Å². The van der Waals surface area contributed by atoms with Crippen molar-refractivity contribution in [2.24, 2.45) is 24.8 Å². The molecule has 1 aromatic carbocycles. The molecule has 186 valence electrons. The van der Waals surface area contributed by atoms with E-state index in [0.717, 1.165) is 6.07 Å². The summed E-state index contributed by atoms with van der Waals surface area (Å²) in [5.41, 5.74) is -1.06. The second-order valence-corrected chi connectivity index (χ2v) is 9.12. The number of carbonyl (C=O) groups is 2. The van der Waals surface area contributed by atoms with Crippen LogP contribution in [0.4, 0.5) is 18.9 Å². The number of carbonyl (C=O) groups excluding carboxylic acids is 2. The number of halogens is 3. The van der Waals surface area contributed by atoms with E-state index in [4.69, 9.17) is 5.26 Å². The van der Waals surface area contributed by atoms with E-state index in [9.17, 15) is 22.8 Å². The first-order chi connectivity index (χ1) is 16.6. The lowest BCUT2D eigenvalue weighted by atomic mass is 9.78. The molecule has 11 heteroatoms. The summed E-state index contributed by atoms with van der Waals surface area (Å²) < 4.78 is 42.1. The number of rotatable bonds is 4. The van der Waals surface area contributed by atoms with Crippen LogP contribution in [-0.4, -0.2) is 59.5 Å². The predicted octanol–water partition coefficient (Wildman–Crippen LogP) is 2.66. The quantitative estimate of drug-likeness (QED) is 0.714. The number of aromatic nitrogens is 2. The van der Waals surface area contributed by atoms with E-state index in [1.807, 2.05) is 0 Å². The Morgan fingerprint density at radius 1 is 1.20 bits per heavy atom. The van der Waals surface area contributed by atoms with Gasteiger partial charge < -0.3 is 19.7 Å². The topological polar surface area (TPSA) is 94.3 Å². The number of benzene rings is 1. The van der Waals surface area contributed by atoms with E-state index in [-0.39, 0.29) is 29.6 Å². The highest BCUT2D eigenvalue weighted by Crippen LogP contribution is 2.40. The minimum absolute atomic E-state index is 0.0645. The van der Waals surface area contributed by atoms with E-state index in [2.05, 4.69) is 10.3 Å². The van der Waals surface area contributed by atoms with Gasteiger partial charge in [-0.1, -0.05) is 0 Å². The van der Waals surface area contributed by atoms with Gasteiger partial charge in [-0.25, -0.2) is 4.98 Å². The Balaban J connectivity index is 1.51. The molecule has 4 rings (SSSR count). The number of hydrogen-bond donors (Lipinski definition) is 1. The van der Waals surface area contributed by atoms with Gasteiger partial charge in [-0.2, -0.15) is 18.4 Å². The minimum atomic E-state index is -4.65. The largest absolute Gasteiger partial charge is 0.417 e. The fourth-order valence-corrected chi connectivity index (χ4v) is 5.29. The van der Waals surface area contributed by atoms with Crippen molar-refractivity contribution in [2.75, 3.05) is 38.1 Å². The maximum atomic E-state index is 13.5. The predicted molar refractivity (Wildman–Crippen MR) is 121 cm³/mol. The number of hydrogen-bond acceptors (Lipinski definition) is 5. The van der Waals surface area contributed by atoms with Crippen LogP contribution in [0.15, 0.2) is 30.6 Å². The van der Waals surface area contributed by atoms with Gasteiger partial charge in [-0.05, 0) is 42.9 Å². The molecule has 3 heterocycles. The average molecular weight is 489 g/mol. The second-order valence-electron chi connectivity index (χ2n) is 9.12. The summed E-state index contributed by atoms with van der Waals surface area (Å²) in [6, 6.07) is 5.29. The normalized spacial score (nSPS) is 21.1. The Bertz CT molecular complexity index is 1150. The lowest BCUT2D eigenvalue weighted by Crippen LogP contribution is -2.43. The van der Waals surface area contributed by atoms with Crippen molar-refractivity contribution in [2.45, 2.75) is 19.0 Å². The Hall–Kier alpha value is -3.55. The van der Waals surface area contributed by atoms with Crippen molar-refractivity contribution >= 4 is 17.5 Å². The number of nitrogens with one attached hydrogen (secondary N) is 1. The number of nitriles is 1. The number of amides is 2. The highest BCUT2D eigenvalue weighted by Gasteiger charge is 2.43. The molecule has 0 saturated carbocycles. The second kappa shape index (κ2) is 9.60. The van der Waals surface area contributed by atoms with Crippen molar-refractivity contribution in [1.82, 2.24) is 19.8 Å². The third-order valence-electron chi connectivity index (χ3n) is 7.19. The molecular formula is C24H27F3N6O2. The van der Waals surface area contributed by atoms with Gasteiger partial charge in [0, 0.05) is 58.4 Å².